The second-order valence-electron chi connectivity index (χ2n) is 9.97. The highest BCUT2D eigenvalue weighted by atomic mass is 32.1. The number of thiazole rings is 1. The third-order valence-corrected chi connectivity index (χ3v) is 9.15. The summed E-state index contributed by atoms with van der Waals surface area (Å²) in [6.45, 7) is 0.872. The highest BCUT2D eigenvalue weighted by molar-refractivity contribution is 7.17. The molecule has 0 bridgehead atoms. The van der Waals surface area contributed by atoms with E-state index in [4.69, 9.17) is 4.74 Å². The summed E-state index contributed by atoms with van der Waals surface area (Å²) in [4.78, 5) is 55.5. The number of benzene rings is 1. The largest absolute Gasteiger partial charge is 0.444 e. The molecule has 3 aromatic heterocycles. The van der Waals surface area contributed by atoms with Crippen molar-refractivity contribution in [2.45, 2.75) is 32.2 Å². The Balaban J connectivity index is 1.51. The molecular weight excluding hydrogens is 614 g/mol. The zero-order valence-corrected chi connectivity index (χ0v) is 24.5. The molecule has 1 fully saturated rings. The first-order valence-electron chi connectivity index (χ1n) is 13.0. The summed E-state index contributed by atoms with van der Waals surface area (Å²) >= 11 is 2.08. The van der Waals surface area contributed by atoms with Gasteiger partial charge in [0.2, 0.25) is 0 Å². The number of aryl methyl sites for hydroxylation is 1. The molecule has 1 aromatic carbocycles. The molecule has 0 saturated carbocycles. The normalized spacial score (nSPS) is 14.9. The number of fused-ring (bicyclic) bond motifs is 1. The maximum Gasteiger partial charge on any atom is 0.419 e. The maximum atomic E-state index is 14.4. The molecule has 10 nitrogen and oxygen atoms in total. The molecule has 0 radical (unpaired) electrons. The van der Waals surface area contributed by atoms with Crippen molar-refractivity contribution in [1.82, 2.24) is 19.0 Å². The lowest BCUT2D eigenvalue weighted by molar-refractivity contribution is -0.153. The van der Waals surface area contributed by atoms with Gasteiger partial charge >= 0.3 is 17.8 Å². The van der Waals surface area contributed by atoms with Gasteiger partial charge in [0.15, 0.2) is 11.5 Å². The smallest absolute Gasteiger partial charge is 0.419 e. The molecular formula is C27H25F4N5O5S2. The van der Waals surface area contributed by atoms with Gasteiger partial charge in [-0.3, -0.25) is 28.1 Å². The number of amides is 1. The van der Waals surface area contributed by atoms with Gasteiger partial charge < -0.3 is 10.1 Å². The monoisotopic (exact) mass is 639 g/mol. The van der Waals surface area contributed by atoms with Gasteiger partial charge in [0.25, 0.3) is 11.5 Å². The van der Waals surface area contributed by atoms with E-state index in [9.17, 15) is 36.7 Å². The van der Waals surface area contributed by atoms with Gasteiger partial charge in [0, 0.05) is 25.0 Å². The van der Waals surface area contributed by atoms with Gasteiger partial charge in [0.05, 0.1) is 29.0 Å². The quantitative estimate of drug-likeness (QED) is 0.256. The van der Waals surface area contributed by atoms with Crippen molar-refractivity contribution in [3.63, 3.8) is 0 Å². The lowest BCUT2D eigenvalue weighted by atomic mass is 9.99. The molecule has 5 rings (SSSR count). The molecule has 43 heavy (non-hydrogen) atoms. The topological polar surface area (TPSA) is 117 Å². The molecule has 0 atom stereocenters. The van der Waals surface area contributed by atoms with Crippen molar-refractivity contribution < 1.29 is 31.9 Å². The number of carbonyl (C=O) groups is 2. The standard InChI is InChI=1S/C27H25F4N5O5S2/c1-34-22(38)21-16(11-42-23(21)35(2)26(34)40)10-20(37)33-25-36(13-41-24(39)14-5-7-32-8-6-14)19(12-43-25)15-3-4-17(18(28)9-15)27(29,30)31/h3-4,9,11-12,14,32H,5-8,10,13H2,1-2H3. The minimum atomic E-state index is -4.89. The van der Waals surface area contributed by atoms with E-state index in [-0.39, 0.29) is 33.8 Å². The molecule has 1 aliphatic heterocycles. The van der Waals surface area contributed by atoms with E-state index in [2.05, 4.69) is 10.3 Å². The fourth-order valence-corrected chi connectivity index (χ4v) is 6.79. The van der Waals surface area contributed by atoms with Gasteiger partial charge in [-0.05, 0) is 49.0 Å². The van der Waals surface area contributed by atoms with Gasteiger partial charge in [-0.2, -0.15) is 18.2 Å². The number of esters is 1. The van der Waals surface area contributed by atoms with E-state index in [1.54, 1.807) is 5.38 Å². The average Bonchev–Trinajstić information content (AvgIpc) is 3.57. The third-order valence-electron chi connectivity index (χ3n) is 7.18. The number of thiophene rings is 1. The van der Waals surface area contributed by atoms with Crippen LogP contribution in [0.1, 0.15) is 24.0 Å². The zero-order valence-electron chi connectivity index (χ0n) is 22.9. The fourth-order valence-electron chi connectivity index (χ4n) is 4.85. The summed E-state index contributed by atoms with van der Waals surface area (Å²) in [5.74, 6) is -2.97. The lowest BCUT2D eigenvalue weighted by Crippen LogP contribution is -2.36. The number of aromatic nitrogens is 3. The van der Waals surface area contributed by atoms with Gasteiger partial charge in [0.1, 0.15) is 10.6 Å². The van der Waals surface area contributed by atoms with Gasteiger partial charge in [-0.15, -0.1) is 22.7 Å². The van der Waals surface area contributed by atoms with E-state index >= 15 is 0 Å². The minimum absolute atomic E-state index is 0.0539. The summed E-state index contributed by atoms with van der Waals surface area (Å²) in [7, 11) is 2.85. The van der Waals surface area contributed by atoms with Crippen LogP contribution in [0.5, 0.6) is 0 Å². The minimum Gasteiger partial charge on any atom is -0.444 e. The van der Waals surface area contributed by atoms with Gasteiger partial charge in [-0.1, -0.05) is 6.07 Å². The number of rotatable bonds is 6. The first kappa shape index (κ1) is 30.6. The summed E-state index contributed by atoms with van der Waals surface area (Å²) in [5.41, 5.74) is -1.87. The van der Waals surface area contributed by atoms with Crippen molar-refractivity contribution >= 4 is 44.8 Å². The van der Waals surface area contributed by atoms with Crippen LogP contribution in [-0.4, -0.2) is 38.7 Å². The van der Waals surface area contributed by atoms with E-state index in [1.807, 2.05) is 0 Å². The number of nitrogens with zero attached hydrogens (tertiary/aromatic N) is 4. The van der Waals surface area contributed by atoms with Crippen molar-refractivity contribution in [2.75, 3.05) is 13.1 Å². The Morgan fingerprint density at radius 1 is 1.09 bits per heavy atom. The first-order chi connectivity index (χ1) is 20.4. The van der Waals surface area contributed by atoms with E-state index in [0.717, 1.165) is 39.4 Å². The SMILES string of the molecule is Cn1c(=O)c2c(CC(=O)N=c3scc(-c4ccc(C(F)(F)F)c(F)c4)n3COC(=O)C3CCNCC3)csc2n(C)c1=O. The van der Waals surface area contributed by atoms with Crippen LogP contribution in [0.15, 0.2) is 43.5 Å². The highest BCUT2D eigenvalue weighted by Gasteiger charge is 2.34. The number of hydrogen-bond donors (Lipinski definition) is 1. The third kappa shape index (κ3) is 6.12. The molecule has 1 saturated heterocycles. The fraction of sp³-hybridized carbons (Fsp3) is 0.370. The van der Waals surface area contributed by atoms with Crippen LogP contribution in [-0.2, 0) is 47.7 Å². The molecule has 1 aliphatic rings. The predicted molar refractivity (Wildman–Crippen MR) is 151 cm³/mol. The zero-order chi connectivity index (χ0) is 31.1. The maximum absolute atomic E-state index is 14.4. The summed E-state index contributed by atoms with van der Waals surface area (Å²) < 4.78 is 63.0. The number of halogens is 4. The van der Waals surface area contributed by atoms with Crippen molar-refractivity contribution in [3.8, 4) is 11.3 Å². The van der Waals surface area contributed by atoms with Crippen molar-refractivity contribution in [2.24, 2.45) is 25.0 Å². The van der Waals surface area contributed by atoms with Crippen LogP contribution >= 0.6 is 22.7 Å². The molecule has 0 aliphatic carbocycles. The Morgan fingerprint density at radius 3 is 2.49 bits per heavy atom. The second kappa shape index (κ2) is 12.0. The lowest BCUT2D eigenvalue weighted by Gasteiger charge is -2.21. The number of nitrogens with one attached hydrogen (secondary N) is 1. The Hall–Kier alpha value is -3.89. The van der Waals surface area contributed by atoms with Crippen molar-refractivity contribution in [3.05, 3.63) is 71.5 Å². The summed E-state index contributed by atoms with van der Waals surface area (Å²) in [6, 6.07) is 2.42. The number of alkyl halides is 3. The number of piperidine rings is 1. The van der Waals surface area contributed by atoms with Crippen LogP contribution in [0.2, 0.25) is 0 Å². The Labute approximate surface area is 248 Å². The van der Waals surface area contributed by atoms with Gasteiger partial charge in [-0.25, -0.2) is 9.18 Å². The molecule has 4 heterocycles. The predicted octanol–water partition coefficient (Wildman–Crippen LogP) is 3.16. The molecule has 16 heteroatoms. The Bertz CT molecular complexity index is 1910. The van der Waals surface area contributed by atoms with Crippen LogP contribution < -0.4 is 21.4 Å². The van der Waals surface area contributed by atoms with Crippen LogP contribution in [0.3, 0.4) is 0 Å². The average molecular weight is 640 g/mol. The summed E-state index contributed by atoms with van der Waals surface area (Å²) in [6.07, 6.45) is -4.03. The number of ether oxygens (including phenoxy) is 1. The Kier molecular flexibility index (Phi) is 8.54. The molecule has 0 unspecified atom stereocenters. The molecule has 1 amide bonds. The number of carbonyl (C=O) groups excluding carboxylic acids is 2. The van der Waals surface area contributed by atoms with Crippen LogP contribution in [0.25, 0.3) is 21.5 Å². The van der Waals surface area contributed by atoms with E-state index < -0.39 is 47.4 Å². The van der Waals surface area contributed by atoms with E-state index in [0.29, 0.717) is 42.4 Å². The molecule has 4 aromatic rings. The number of hydrogen-bond acceptors (Lipinski definition) is 8. The van der Waals surface area contributed by atoms with Crippen LogP contribution in [0.4, 0.5) is 17.6 Å². The van der Waals surface area contributed by atoms with Crippen LogP contribution in [0, 0.1) is 11.7 Å². The highest BCUT2D eigenvalue weighted by Crippen LogP contribution is 2.33. The molecule has 1 N–H and O–H groups in total. The molecule has 228 valence electrons. The van der Waals surface area contributed by atoms with Crippen molar-refractivity contribution in [1.29, 1.82) is 0 Å². The van der Waals surface area contributed by atoms with E-state index in [1.165, 1.54) is 28.6 Å². The Morgan fingerprint density at radius 2 is 1.81 bits per heavy atom. The summed E-state index contributed by atoms with van der Waals surface area (Å²) in [5, 5.41) is 6.43. The molecule has 0 spiro atoms. The first-order valence-corrected chi connectivity index (χ1v) is 14.8. The second-order valence-corrected chi connectivity index (χ2v) is 11.7.